The zero-order chi connectivity index (χ0) is 11.4. The molecule has 0 bridgehead atoms. The van der Waals surface area contributed by atoms with Crippen molar-refractivity contribution in [3.8, 4) is 5.75 Å². The highest BCUT2D eigenvalue weighted by Crippen LogP contribution is 2.33. The van der Waals surface area contributed by atoms with Crippen molar-refractivity contribution in [1.82, 2.24) is 0 Å². The van der Waals surface area contributed by atoms with Crippen LogP contribution < -0.4 is 4.74 Å². The van der Waals surface area contributed by atoms with Gasteiger partial charge in [0.2, 0.25) is 0 Å². The number of para-hydroxylation sites is 1. The first-order valence-electron chi connectivity index (χ1n) is 4.39. The lowest BCUT2D eigenvalue weighted by Gasteiger charge is -2.15. The smallest absolute Gasteiger partial charge is 0.344 e. The first kappa shape index (κ1) is 12.1. The lowest BCUT2D eigenvalue weighted by atomic mass is 10.2. The van der Waals surface area contributed by atoms with E-state index in [1.165, 1.54) is 0 Å². The fourth-order valence-corrected chi connectivity index (χ4v) is 1.53. The Hall–Kier alpha value is -0.930. The number of rotatable bonds is 4. The van der Waals surface area contributed by atoms with Gasteiger partial charge in [0, 0.05) is 0 Å². The van der Waals surface area contributed by atoms with E-state index in [1.807, 2.05) is 0 Å². The highest BCUT2D eigenvalue weighted by atomic mass is 35.5. The summed E-state index contributed by atoms with van der Waals surface area (Å²) in [5.74, 6) is -0.816. The third-order valence-corrected chi connectivity index (χ3v) is 2.42. The van der Waals surface area contributed by atoms with E-state index in [4.69, 9.17) is 33.0 Å². The van der Waals surface area contributed by atoms with Gasteiger partial charge in [-0.3, -0.25) is 0 Å². The number of carboxylic acid groups (broad SMARTS) is 1. The minimum absolute atomic E-state index is 0.218. The Morgan fingerprint density at radius 1 is 1.47 bits per heavy atom. The van der Waals surface area contributed by atoms with E-state index in [0.29, 0.717) is 16.5 Å². The minimum Gasteiger partial charge on any atom is -0.479 e. The van der Waals surface area contributed by atoms with Crippen molar-refractivity contribution in [2.24, 2.45) is 0 Å². The van der Waals surface area contributed by atoms with E-state index < -0.39 is 12.1 Å². The van der Waals surface area contributed by atoms with Gasteiger partial charge in [-0.05, 0) is 18.6 Å². The van der Waals surface area contributed by atoms with Crippen LogP contribution in [0.2, 0.25) is 10.0 Å². The summed E-state index contributed by atoms with van der Waals surface area (Å²) in [7, 11) is 0. The average Bonchev–Trinajstić information content (AvgIpc) is 2.17. The third kappa shape index (κ3) is 3.01. The summed E-state index contributed by atoms with van der Waals surface area (Å²) in [5.41, 5.74) is 0. The maximum atomic E-state index is 10.7. The van der Waals surface area contributed by atoms with Crippen molar-refractivity contribution in [3.63, 3.8) is 0 Å². The van der Waals surface area contributed by atoms with Gasteiger partial charge in [0.25, 0.3) is 0 Å². The Balaban J connectivity index is 2.92. The topological polar surface area (TPSA) is 46.5 Å². The third-order valence-electron chi connectivity index (χ3n) is 1.83. The van der Waals surface area contributed by atoms with Crippen LogP contribution in [-0.2, 0) is 4.79 Å². The van der Waals surface area contributed by atoms with Crippen LogP contribution in [0.3, 0.4) is 0 Å². The molecular weight excluding hydrogens is 239 g/mol. The fourth-order valence-electron chi connectivity index (χ4n) is 1.05. The molecule has 1 aromatic carbocycles. The van der Waals surface area contributed by atoms with Crippen LogP contribution in [0.5, 0.6) is 5.75 Å². The number of aliphatic carboxylic acids is 1. The first-order valence-corrected chi connectivity index (χ1v) is 5.15. The molecule has 0 saturated heterocycles. The second kappa shape index (κ2) is 5.24. The Morgan fingerprint density at radius 3 is 2.40 bits per heavy atom. The lowest BCUT2D eigenvalue weighted by Crippen LogP contribution is -2.26. The predicted molar refractivity (Wildman–Crippen MR) is 58.8 cm³/mol. The molecule has 0 aliphatic heterocycles. The minimum atomic E-state index is -1.03. The normalized spacial score (nSPS) is 12.2. The molecule has 15 heavy (non-hydrogen) atoms. The van der Waals surface area contributed by atoms with Gasteiger partial charge in [-0.15, -0.1) is 0 Å². The molecule has 0 unspecified atom stereocenters. The van der Waals surface area contributed by atoms with Crippen molar-refractivity contribution in [2.45, 2.75) is 19.4 Å². The molecule has 0 aliphatic rings. The molecule has 1 rings (SSSR count). The molecule has 82 valence electrons. The van der Waals surface area contributed by atoms with Crippen molar-refractivity contribution in [1.29, 1.82) is 0 Å². The summed E-state index contributed by atoms with van der Waals surface area (Å²) in [4.78, 5) is 10.7. The standard InChI is InChI=1S/C10H10Cl2O3/c1-2-8(10(13)14)15-9-6(11)4-3-5-7(9)12/h3-5,8H,2H2,1H3,(H,13,14)/t8-/m0/s1. The molecule has 1 aromatic rings. The molecule has 0 amide bonds. The zero-order valence-electron chi connectivity index (χ0n) is 8.04. The van der Waals surface area contributed by atoms with Gasteiger partial charge in [-0.2, -0.15) is 0 Å². The number of carbonyl (C=O) groups is 1. The van der Waals surface area contributed by atoms with Crippen LogP contribution >= 0.6 is 23.2 Å². The summed E-state index contributed by atoms with van der Waals surface area (Å²) < 4.78 is 5.22. The van der Waals surface area contributed by atoms with Gasteiger partial charge in [0.05, 0.1) is 10.0 Å². The monoisotopic (exact) mass is 248 g/mol. The zero-order valence-corrected chi connectivity index (χ0v) is 9.55. The molecule has 0 saturated carbocycles. The van der Waals surface area contributed by atoms with E-state index in [-0.39, 0.29) is 5.75 Å². The molecule has 1 atom stereocenters. The first-order chi connectivity index (χ1) is 7.06. The highest BCUT2D eigenvalue weighted by Gasteiger charge is 2.19. The van der Waals surface area contributed by atoms with Gasteiger partial charge >= 0.3 is 5.97 Å². The SMILES string of the molecule is CC[C@H](Oc1c(Cl)cccc1Cl)C(=O)O. The number of ether oxygens (including phenoxy) is 1. The molecular formula is C10H10Cl2O3. The maximum absolute atomic E-state index is 10.7. The number of hydrogen-bond donors (Lipinski definition) is 1. The molecule has 0 radical (unpaired) electrons. The van der Waals surface area contributed by atoms with E-state index in [2.05, 4.69) is 0 Å². The number of benzene rings is 1. The van der Waals surface area contributed by atoms with Crippen molar-refractivity contribution in [2.75, 3.05) is 0 Å². The van der Waals surface area contributed by atoms with Gasteiger partial charge in [-0.25, -0.2) is 4.79 Å². The Bertz CT molecular complexity index is 345. The quantitative estimate of drug-likeness (QED) is 0.890. The molecule has 3 nitrogen and oxygen atoms in total. The second-order valence-corrected chi connectivity index (χ2v) is 3.72. The van der Waals surface area contributed by atoms with Gasteiger partial charge in [0.1, 0.15) is 0 Å². The van der Waals surface area contributed by atoms with E-state index >= 15 is 0 Å². The molecule has 0 aliphatic carbocycles. The van der Waals surface area contributed by atoms with E-state index in [0.717, 1.165) is 0 Å². The van der Waals surface area contributed by atoms with Crippen molar-refractivity contribution in [3.05, 3.63) is 28.2 Å². The van der Waals surface area contributed by atoms with E-state index in [9.17, 15) is 4.79 Å². The summed E-state index contributed by atoms with van der Waals surface area (Å²) in [6.07, 6.45) is -0.584. The van der Waals surface area contributed by atoms with Crippen LogP contribution in [-0.4, -0.2) is 17.2 Å². The Labute approximate surface area is 97.6 Å². The van der Waals surface area contributed by atoms with Gasteiger partial charge in [0.15, 0.2) is 11.9 Å². The van der Waals surface area contributed by atoms with Crippen molar-refractivity contribution >= 4 is 29.2 Å². The van der Waals surface area contributed by atoms with E-state index in [1.54, 1.807) is 25.1 Å². The number of carboxylic acids is 1. The molecule has 5 heteroatoms. The van der Waals surface area contributed by atoms with Crippen LogP contribution in [0.1, 0.15) is 13.3 Å². The highest BCUT2D eigenvalue weighted by molar-refractivity contribution is 6.37. The fraction of sp³-hybridized carbons (Fsp3) is 0.300. The molecule has 0 heterocycles. The van der Waals surface area contributed by atoms with Crippen LogP contribution in [0.15, 0.2) is 18.2 Å². The largest absolute Gasteiger partial charge is 0.479 e. The summed E-state index contributed by atoms with van der Waals surface area (Å²) in [6.45, 7) is 1.71. The van der Waals surface area contributed by atoms with Crippen LogP contribution in [0.25, 0.3) is 0 Å². The number of halogens is 2. The Morgan fingerprint density at radius 2 is 2.00 bits per heavy atom. The van der Waals surface area contributed by atoms with Gasteiger partial charge < -0.3 is 9.84 Å². The lowest BCUT2D eigenvalue weighted by molar-refractivity contribution is -0.145. The van der Waals surface area contributed by atoms with Crippen LogP contribution in [0, 0.1) is 0 Å². The van der Waals surface area contributed by atoms with Gasteiger partial charge in [-0.1, -0.05) is 36.2 Å². The summed E-state index contributed by atoms with van der Waals surface area (Å²) in [5, 5.41) is 9.42. The van der Waals surface area contributed by atoms with Crippen molar-refractivity contribution < 1.29 is 14.6 Å². The maximum Gasteiger partial charge on any atom is 0.344 e. The molecule has 0 fully saturated rings. The summed E-state index contributed by atoms with van der Waals surface area (Å²) >= 11 is 11.7. The average molecular weight is 249 g/mol. The predicted octanol–water partition coefficient (Wildman–Crippen LogP) is 3.24. The second-order valence-electron chi connectivity index (χ2n) is 2.90. The Kier molecular flexibility index (Phi) is 4.24. The van der Waals surface area contributed by atoms with Crippen LogP contribution in [0.4, 0.5) is 0 Å². The molecule has 0 aromatic heterocycles. The molecule has 0 spiro atoms. The number of hydrogen-bond acceptors (Lipinski definition) is 2. The molecule has 1 N–H and O–H groups in total. The summed E-state index contributed by atoms with van der Waals surface area (Å²) in [6, 6.07) is 4.86.